The third-order valence-corrected chi connectivity index (χ3v) is 8.35. The predicted octanol–water partition coefficient (Wildman–Crippen LogP) is 6.34. The zero-order valence-electron chi connectivity index (χ0n) is 20.3. The number of nitro benzene ring substituents is 1. The molecule has 0 saturated heterocycles. The average Bonchev–Trinajstić information content (AvgIpc) is 3.20. The Morgan fingerprint density at radius 3 is 2.47 bits per heavy atom. The predicted molar refractivity (Wildman–Crippen MR) is 144 cm³/mol. The largest absolute Gasteiger partial charge is 0.489 e. The molecule has 0 saturated carbocycles. The SMILES string of the molecule is Cc1ccc(S(=O)(=O)N2CC3=Cc4ccc(OCc5ccccc5)cc4Oc4cc([N+](=O)[O-])cc2c43)cc1. The van der Waals surface area contributed by atoms with Crippen molar-refractivity contribution in [2.24, 2.45) is 0 Å². The molecular weight excluding hydrogens is 504 g/mol. The van der Waals surface area contributed by atoms with Crippen LogP contribution in [0.1, 0.15) is 22.3 Å². The van der Waals surface area contributed by atoms with E-state index in [-0.39, 0.29) is 28.6 Å². The highest BCUT2D eigenvalue weighted by atomic mass is 32.2. The van der Waals surface area contributed by atoms with Crippen LogP contribution in [0.25, 0.3) is 11.6 Å². The van der Waals surface area contributed by atoms with Crippen LogP contribution in [0.2, 0.25) is 0 Å². The van der Waals surface area contributed by atoms with Crippen LogP contribution in [0.5, 0.6) is 17.2 Å². The number of aryl methyl sites for hydroxylation is 1. The van der Waals surface area contributed by atoms with Gasteiger partial charge in [-0.1, -0.05) is 48.0 Å². The summed E-state index contributed by atoms with van der Waals surface area (Å²) >= 11 is 0. The summed E-state index contributed by atoms with van der Waals surface area (Å²) in [7, 11) is -3.98. The molecule has 4 aromatic rings. The molecule has 190 valence electrons. The van der Waals surface area contributed by atoms with Gasteiger partial charge in [-0.25, -0.2) is 8.42 Å². The quantitative estimate of drug-likeness (QED) is 0.215. The number of ether oxygens (including phenoxy) is 2. The maximum absolute atomic E-state index is 13.6. The van der Waals surface area contributed by atoms with Gasteiger partial charge in [0.2, 0.25) is 0 Å². The lowest BCUT2D eigenvalue weighted by Crippen LogP contribution is -2.29. The van der Waals surface area contributed by atoms with E-state index in [1.54, 1.807) is 30.3 Å². The number of nitro groups is 1. The lowest BCUT2D eigenvalue weighted by molar-refractivity contribution is -0.384. The number of nitrogens with zero attached hydrogens (tertiary/aromatic N) is 2. The molecule has 0 unspecified atom stereocenters. The van der Waals surface area contributed by atoms with Crippen LogP contribution in [-0.2, 0) is 16.6 Å². The summed E-state index contributed by atoms with van der Waals surface area (Å²) in [6.07, 6.45) is 1.86. The molecule has 2 aliphatic heterocycles. The van der Waals surface area contributed by atoms with Gasteiger partial charge in [0.25, 0.3) is 15.7 Å². The van der Waals surface area contributed by atoms with Crippen molar-refractivity contribution in [3.63, 3.8) is 0 Å². The van der Waals surface area contributed by atoms with E-state index >= 15 is 0 Å². The highest BCUT2D eigenvalue weighted by Crippen LogP contribution is 2.51. The Balaban J connectivity index is 1.41. The lowest BCUT2D eigenvalue weighted by atomic mass is 10.0. The van der Waals surface area contributed by atoms with Gasteiger partial charge in [-0.15, -0.1) is 0 Å². The summed E-state index contributed by atoms with van der Waals surface area (Å²) in [6.45, 7) is 2.27. The number of fused-ring (bicyclic) bond motifs is 1. The first-order chi connectivity index (χ1) is 18.3. The van der Waals surface area contributed by atoms with E-state index in [2.05, 4.69) is 0 Å². The molecule has 0 aromatic heterocycles. The summed E-state index contributed by atoms with van der Waals surface area (Å²) in [4.78, 5) is 11.3. The van der Waals surface area contributed by atoms with Gasteiger partial charge in [-0.05, 0) is 48.4 Å². The fourth-order valence-electron chi connectivity index (χ4n) is 4.64. The number of non-ortho nitro benzene ring substituents is 1. The van der Waals surface area contributed by atoms with E-state index in [0.717, 1.165) is 11.1 Å². The number of benzene rings is 4. The monoisotopic (exact) mass is 526 g/mol. The van der Waals surface area contributed by atoms with Gasteiger partial charge in [0.15, 0.2) is 0 Å². The minimum absolute atomic E-state index is 0.0226. The van der Waals surface area contributed by atoms with Crippen LogP contribution in [0, 0.1) is 17.0 Å². The molecule has 4 aromatic carbocycles. The molecule has 0 amide bonds. The van der Waals surface area contributed by atoms with Crippen molar-refractivity contribution in [1.29, 1.82) is 0 Å². The molecule has 0 N–H and O–H groups in total. The van der Waals surface area contributed by atoms with Crippen LogP contribution in [0.3, 0.4) is 0 Å². The minimum atomic E-state index is -3.98. The first-order valence-electron chi connectivity index (χ1n) is 11.9. The Hall–Kier alpha value is -4.63. The van der Waals surface area contributed by atoms with E-state index in [0.29, 0.717) is 34.8 Å². The second-order valence-electron chi connectivity index (χ2n) is 9.17. The molecule has 6 rings (SSSR count). The van der Waals surface area contributed by atoms with Crippen molar-refractivity contribution in [3.05, 3.63) is 117 Å². The Labute approximate surface area is 219 Å². The summed E-state index contributed by atoms with van der Waals surface area (Å²) < 4.78 is 40.6. The van der Waals surface area contributed by atoms with Gasteiger partial charge in [-0.2, -0.15) is 0 Å². The van der Waals surface area contributed by atoms with Crippen LogP contribution in [0.15, 0.2) is 89.8 Å². The molecule has 0 aliphatic carbocycles. The summed E-state index contributed by atoms with van der Waals surface area (Å²) in [5, 5.41) is 11.8. The Bertz CT molecular complexity index is 1710. The van der Waals surface area contributed by atoms with Gasteiger partial charge in [0.05, 0.1) is 28.1 Å². The molecule has 38 heavy (non-hydrogen) atoms. The third-order valence-electron chi connectivity index (χ3n) is 6.57. The molecule has 0 atom stereocenters. The molecule has 8 nitrogen and oxygen atoms in total. The number of hydrogen-bond acceptors (Lipinski definition) is 6. The molecule has 2 heterocycles. The van der Waals surface area contributed by atoms with Crippen LogP contribution in [0.4, 0.5) is 11.4 Å². The summed E-state index contributed by atoms with van der Waals surface area (Å²) in [5.74, 6) is 1.27. The van der Waals surface area contributed by atoms with Crippen LogP contribution >= 0.6 is 0 Å². The van der Waals surface area contributed by atoms with E-state index in [9.17, 15) is 18.5 Å². The van der Waals surface area contributed by atoms with Crippen LogP contribution in [-0.4, -0.2) is 19.9 Å². The van der Waals surface area contributed by atoms with Crippen molar-refractivity contribution in [2.45, 2.75) is 18.4 Å². The third kappa shape index (κ3) is 4.16. The van der Waals surface area contributed by atoms with Gasteiger partial charge in [0, 0.05) is 23.3 Å². The Morgan fingerprint density at radius 1 is 0.974 bits per heavy atom. The number of hydrogen-bond donors (Lipinski definition) is 0. The maximum atomic E-state index is 13.6. The summed E-state index contributed by atoms with van der Waals surface area (Å²) in [6, 6.07) is 24.3. The maximum Gasteiger partial charge on any atom is 0.275 e. The van der Waals surface area contributed by atoms with E-state index in [1.807, 2.05) is 55.5 Å². The van der Waals surface area contributed by atoms with Gasteiger partial charge >= 0.3 is 0 Å². The molecular formula is C29H22N2O6S. The number of rotatable bonds is 6. The molecule has 9 heteroatoms. The second kappa shape index (κ2) is 9.04. The molecule has 0 radical (unpaired) electrons. The zero-order valence-corrected chi connectivity index (χ0v) is 21.1. The lowest BCUT2D eigenvalue weighted by Gasteiger charge is -2.20. The fourth-order valence-corrected chi connectivity index (χ4v) is 6.09. The summed E-state index contributed by atoms with van der Waals surface area (Å²) in [5.41, 5.74) is 3.83. The topological polar surface area (TPSA) is 99.0 Å². The van der Waals surface area contributed by atoms with Crippen LogP contribution < -0.4 is 13.8 Å². The average molecular weight is 527 g/mol. The smallest absolute Gasteiger partial charge is 0.275 e. The molecule has 0 fully saturated rings. The first kappa shape index (κ1) is 23.7. The zero-order chi connectivity index (χ0) is 26.4. The minimum Gasteiger partial charge on any atom is -0.489 e. The molecule has 2 aliphatic rings. The van der Waals surface area contributed by atoms with Crippen molar-refractivity contribution >= 4 is 33.0 Å². The van der Waals surface area contributed by atoms with E-state index < -0.39 is 14.9 Å². The second-order valence-corrected chi connectivity index (χ2v) is 11.0. The normalized spacial score (nSPS) is 13.6. The Kier molecular flexibility index (Phi) is 5.65. The Morgan fingerprint density at radius 2 is 1.74 bits per heavy atom. The van der Waals surface area contributed by atoms with Crippen molar-refractivity contribution in [1.82, 2.24) is 0 Å². The number of sulfonamides is 1. The fraction of sp³-hybridized carbons (Fsp3) is 0.103. The van der Waals surface area contributed by atoms with Crippen molar-refractivity contribution < 1.29 is 22.8 Å². The standard InChI is InChI=1S/C29H22N2O6S/c1-19-7-11-25(12-8-19)38(34,35)30-17-22-13-21-9-10-24(36-18-20-5-3-2-4-6-20)16-27(21)37-28-15-23(31(32)33)14-26(30)29(22)28/h2-16H,17-18H2,1H3. The molecule has 0 bridgehead atoms. The van der Waals surface area contributed by atoms with Gasteiger partial charge in [0.1, 0.15) is 23.9 Å². The first-order valence-corrected chi connectivity index (χ1v) is 13.3. The highest BCUT2D eigenvalue weighted by Gasteiger charge is 2.38. The highest BCUT2D eigenvalue weighted by molar-refractivity contribution is 7.92. The van der Waals surface area contributed by atoms with Gasteiger partial charge in [-0.3, -0.25) is 14.4 Å². The van der Waals surface area contributed by atoms with E-state index in [1.165, 1.54) is 16.4 Å². The van der Waals surface area contributed by atoms with Crippen molar-refractivity contribution in [2.75, 3.05) is 10.8 Å². The van der Waals surface area contributed by atoms with E-state index in [4.69, 9.17) is 9.47 Å². The van der Waals surface area contributed by atoms with Gasteiger partial charge < -0.3 is 9.47 Å². The van der Waals surface area contributed by atoms with Crippen molar-refractivity contribution in [3.8, 4) is 17.2 Å². The molecule has 0 spiro atoms. The number of anilines is 1.